The van der Waals surface area contributed by atoms with E-state index in [1.807, 2.05) is 138 Å². The maximum absolute atomic E-state index is 14.6. The molecule has 0 spiro atoms. The summed E-state index contributed by atoms with van der Waals surface area (Å²) in [7, 11) is 0. The third kappa shape index (κ3) is 20.2. The molecule has 0 aromatic heterocycles. The van der Waals surface area contributed by atoms with Crippen LogP contribution in [0.15, 0.2) is 170 Å². The molecule has 22 nitrogen and oxygen atoms in total. The molecule has 118 heavy (non-hydrogen) atoms. The third-order valence-electron chi connectivity index (χ3n) is 23.3. The number of Topliss-reactive ketones (excluding diaryl/α,β-unsaturated/α-hetero) is 1. The average Bonchev–Trinajstić information content (AvgIpc) is 0.933. The van der Waals surface area contributed by atoms with E-state index < -0.39 is 43.1 Å². The molecule has 25 heteroatoms. The quantitative estimate of drug-likeness (QED) is 0.0389. The number of carbonyl (C=O) groups excluding carboxylic acids is 6. The van der Waals surface area contributed by atoms with Gasteiger partial charge in [-0.2, -0.15) is 21.0 Å². The summed E-state index contributed by atoms with van der Waals surface area (Å²) >= 11 is 0. The van der Waals surface area contributed by atoms with Gasteiger partial charge in [-0.25, -0.2) is 13.2 Å². The minimum absolute atomic E-state index is 0.0322. The molecule has 8 aromatic carbocycles. The number of ether oxygens (including phenoxy) is 3. The van der Waals surface area contributed by atoms with Crippen molar-refractivity contribution in [2.45, 2.75) is 121 Å². The molecule has 4 heterocycles. The summed E-state index contributed by atoms with van der Waals surface area (Å²) in [6, 6.07) is 60.9. The van der Waals surface area contributed by atoms with Crippen LogP contribution in [0.3, 0.4) is 0 Å². The van der Waals surface area contributed by atoms with Crippen LogP contribution >= 0.6 is 0 Å². The fraction of sp³-hybridized carbons (Fsp3) is 0.376. The molecule has 18 rings (SSSR count). The summed E-state index contributed by atoms with van der Waals surface area (Å²) in [6.45, 7) is 4.72. The van der Waals surface area contributed by atoms with Crippen molar-refractivity contribution >= 4 is 69.4 Å². The van der Waals surface area contributed by atoms with Gasteiger partial charge in [0.15, 0.2) is 6.17 Å². The molecule has 8 atom stereocenters. The standard InChI is InChI=1S/C27H28N2O4.C24H23F2N3O4.C21H20FN3O.C21H21N3O2/c1-16(30)11-22-23-14-24(22)26(23)27(31)29-20-4-2-3-17(13-20)18-5-6-25(19(12-18)15-28)33-21-7-9-32-10-8-21;25-19-10-18(19)24(32)28-17-3-1-2-14(9-17)15-4-5-21(16(8-15)11-27)33-22-6-7-29(12-20(22)26)23(31)13-30;22-18-8-9-25(13-18)20-7-6-16(10-17(20)12-23)15-2-1-3-19(11-15)24-21(26)14-4-5-14;22-12-17-10-16(6-7-20(17)24-9-8-19(25)13-24)15-2-1-3-18(11-15)23-21(26)14-4-5-14/h2-6,12-13,21-24,26H,7-11,14H2,1H3,(H,29,31);1-5,8-9,18-20,22,30H,6-7,10,12-13H2,(H,28,32);1-3,6-7,10-11,14,18H,4-5,8-9,13H2,(H,24,26);1-3,6-7,10-11,14,19,25H,4-5,8-9,13H2,(H,23,26)/t;18-,19-,20+,22-;18-;19-/m.001/s1. The number of amides is 5. The van der Waals surface area contributed by atoms with Crippen molar-refractivity contribution in [3.63, 3.8) is 0 Å². The highest BCUT2D eigenvalue weighted by Crippen LogP contribution is 2.64. The largest absolute Gasteiger partial charge is 0.489 e. The van der Waals surface area contributed by atoms with Crippen LogP contribution in [0.4, 0.5) is 47.3 Å². The van der Waals surface area contributed by atoms with Crippen molar-refractivity contribution in [3.05, 3.63) is 192 Å². The van der Waals surface area contributed by atoms with Gasteiger partial charge in [-0.05, 0) is 218 Å². The number of halogens is 3. The number of hydrogen-bond acceptors (Lipinski definition) is 17. The minimum Gasteiger partial charge on any atom is -0.489 e. The molecular formula is C93H92F3N11O11. The predicted octanol–water partition coefficient (Wildman–Crippen LogP) is 14.7. The fourth-order valence-electron chi connectivity index (χ4n) is 16.1. The molecule has 0 radical (unpaired) electrons. The number of nitrogens with zero attached hydrogens (tertiary/aromatic N) is 7. The highest BCUT2D eigenvalue weighted by atomic mass is 19.1. The molecule has 2 bridgehead atoms. The normalized spacial score (nSPS) is 22.4. The summed E-state index contributed by atoms with van der Waals surface area (Å²) in [5.41, 5.74) is 13.3. The second-order valence-corrected chi connectivity index (χ2v) is 31.8. The number of ketones is 1. The number of benzene rings is 8. The van der Waals surface area contributed by atoms with Crippen molar-refractivity contribution in [1.82, 2.24) is 4.90 Å². The number of carbonyl (C=O) groups is 6. The molecule has 10 aliphatic rings. The van der Waals surface area contributed by atoms with Crippen LogP contribution in [-0.4, -0.2) is 146 Å². The zero-order valence-electron chi connectivity index (χ0n) is 65.4. The first-order valence-electron chi connectivity index (χ1n) is 40.4. The zero-order chi connectivity index (χ0) is 82.7. The molecule has 10 fully saturated rings. The predicted molar refractivity (Wildman–Crippen MR) is 440 cm³/mol. The lowest BCUT2D eigenvalue weighted by Gasteiger charge is -2.63. The van der Waals surface area contributed by atoms with E-state index in [0.717, 1.165) is 125 Å². The van der Waals surface area contributed by atoms with E-state index in [4.69, 9.17) is 19.3 Å². The molecule has 4 aliphatic heterocycles. The van der Waals surface area contributed by atoms with Gasteiger partial charge in [0.05, 0.1) is 65.4 Å². The second kappa shape index (κ2) is 37.3. The Balaban J connectivity index is 0.000000130. The first kappa shape index (κ1) is 82.2. The molecule has 5 amide bonds. The lowest BCUT2D eigenvalue weighted by molar-refractivity contribution is -0.179. The first-order chi connectivity index (χ1) is 57.2. The Labute approximate surface area is 683 Å². The van der Waals surface area contributed by atoms with E-state index in [2.05, 4.69) is 50.4 Å². The van der Waals surface area contributed by atoms with Gasteiger partial charge in [0, 0.05) is 98.9 Å². The molecule has 6 aliphatic carbocycles. The second-order valence-electron chi connectivity index (χ2n) is 31.8. The molecule has 6 N–H and O–H groups in total. The number of rotatable bonds is 21. The van der Waals surface area contributed by atoms with Crippen molar-refractivity contribution in [2.75, 3.05) is 90.2 Å². The Hall–Kier alpha value is -12.4. The van der Waals surface area contributed by atoms with Crippen molar-refractivity contribution in [2.24, 2.45) is 41.4 Å². The molecular weight excluding hydrogens is 1500 g/mol. The first-order valence-corrected chi connectivity index (χ1v) is 40.4. The Morgan fingerprint density at radius 3 is 1.31 bits per heavy atom. The molecule has 4 saturated heterocycles. The minimum atomic E-state index is -1.45. The van der Waals surface area contributed by atoms with Gasteiger partial charge in [-0.15, -0.1) is 0 Å². The molecule has 2 unspecified atom stereocenters. The Bertz CT molecular complexity index is 5120. The summed E-state index contributed by atoms with van der Waals surface area (Å²) in [5, 5.41) is 68.7. The lowest BCUT2D eigenvalue weighted by atomic mass is 9.40. The highest BCUT2D eigenvalue weighted by molar-refractivity contribution is 5.98. The van der Waals surface area contributed by atoms with Crippen molar-refractivity contribution in [3.8, 4) is 80.3 Å². The van der Waals surface area contributed by atoms with E-state index in [0.29, 0.717) is 97.1 Å². The SMILES string of the molecule is CC(=O)CC1C2CC1C2C(=O)Nc1cccc(-c2ccc(OC3CCOCC3)c(C#N)c2)c1.N#Cc1cc(-c2cccc(NC(=O)C3CC3)c2)ccc1N1CC[C@@H](O)C1.N#Cc1cc(-c2cccc(NC(=O)C3CC3)c2)ccc1N1CC[C@H](F)C1.N#Cc1cc(-c2cccc(NC(=O)[C@H]3C[C@@H]3F)c2)ccc1O[C@H]1CCN(C(=O)CO)C[C@H]1F. The molecule has 606 valence electrons. The molecule has 8 aromatic rings. The van der Waals surface area contributed by atoms with E-state index in [1.165, 1.54) is 4.90 Å². The van der Waals surface area contributed by atoms with E-state index in [9.17, 15) is 68.1 Å². The number of nitrogens with one attached hydrogen (secondary N) is 4. The van der Waals surface area contributed by atoms with Gasteiger partial charge in [0.1, 0.15) is 72.7 Å². The van der Waals surface area contributed by atoms with Gasteiger partial charge >= 0.3 is 0 Å². The number of β-amino-alcohol motifs (C(OH)–C–C–N with tert-alkyl or cyclic N) is 1. The van der Waals surface area contributed by atoms with Crippen molar-refractivity contribution in [1.29, 1.82) is 21.0 Å². The van der Waals surface area contributed by atoms with Gasteiger partial charge < -0.3 is 65.2 Å². The Morgan fingerprint density at radius 2 is 0.907 bits per heavy atom. The maximum atomic E-state index is 14.6. The topological polar surface area (TPSA) is 324 Å². The van der Waals surface area contributed by atoms with Gasteiger partial charge in [-0.3, -0.25) is 24.0 Å². The Morgan fingerprint density at radius 1 is 0.475 bits per heavy atom. The summed E-state index contributed by atoms with van der Waals surface area (Å²) in [4.78, 5) is 76.9. The summed E-state index contributed by atoms with van der Waals surface area (Å²) in [6.07, 6.45) is 4.51. The molecule has 6 saturated carbocycles. The number of alkyl halides is 3. The van der Waals surface area contributed by atoms with Gasteiger partial charge in [-0.1, -0.05) is 72.8 Å². The van der Waals surface area contributed by atoms with Crippen molar-refractivity contribution < 1.29 is 66.4 Å². The number of aliphatic hydroxyl groups excluding tert-OH is 2. The highest BCUT2D eigenvalue weighted by Gasteiger charge is 2.63. The van der Waals surface area contributed by atoms with Crippen LogP contribution < -0.4 is 40.5 Å². The van der Waals surface area contributed by atoms with Crippen LogP contribution in [-0.2, 0) is 33.5 Å². The van der Waals surface area contributed by atoms with Crippen LogP contribution in [0, 0.1) is 86.7 Å². The fourth-order valence-corrected chi connectivity index (χ4v) is 16.1. The van der Waals surface area contributed by atoms with Gasteiger partial charge in [0.2, 0.25) is 29.5 Å². The number of piperidine rings is 1. The van der Waals surface area contributed by atoms with Crippen LogP contribution in [0.1, 0.15) is 106 Å². The third-order valence-corrected chi connectivity index (χ3v) is 23.3. The lowest BCUT2D eigenvalue weighted by Crippen LogP contribution is -2.63. The zero-order valence-corrected chi connectivity index (χ0v) is 65.4. The number of likely N-dealkylation sites (tertiary alicyclic amines) is 1. The van der Waals surface area contributed by atoms with Crippen LogP contribution in [0.25, 0.3) is 44.5 Å². The smallest absolute Gasteiger partial charge is 0.248 e. The number of anilines is 6. The van der Waals surface area contributed by atoms with Crippen LogP contribution in [0.5, 0.6) is 11.5 Å². The number of nitriles is 4. The van der Waals surface area contributed by atoms with Crippen LogP contribution in [0.2, 0.25) is 0 Å². The number of hydrogen-bond donors (Lipinski definition) is 6. The summed E-state index contributed by atoms with van der Waals surface area (Å²) < 4.78 is 58.3. The monoisotopic (exact) mass is 1600 g/mol. The van der Waals surface area contributed by atoms with E-state index in [-0.39, 0.29) is 96.6 Å². The summed E-state index contributed by atoms with van der Waals surface area (Å²) in [5.74, 6) is 1.23. The van der Waals surface area contributed by atoms with Gasteiger partial charge in [0.25, 0.3) is 0 Å². The maximum Gasteiger partial charge on any atom is 0.248 e. The van der Waals surface area contributed by atoms with E-state index >= 15 is 0 Å². The Kier molecular flexibility index (Phi) is 25.9. The average molecular weight is 1600 g/mol. The number of aliphatic hydroxyl groups is 2. The van der Waals surface area contributed by atoms with E-state index in [1.54, 1.807) is 43.3 Å².